The Morgan fingerprint density at radius 3 is 2.76 bits per heavy atom. The molecule has 0 radical (unpaired) electrons. The largest absolute Gasteiger partial charge is 0.486 e. The number of fused-ring (bicyclic) bond motifs is 1. The Kier molecular flexibility index (Phi) is 5.10. The second-order valence-electron chi connectivity index (χ2n) is 6.94. The highest BCUT2D eigenvalue weighted by atomic mass is 32.1. The second-order valence-corrected chi connectivity index (χ2v) is 7.47. The molecule has 0 bridgehead atoms. The summed E-state index contributed by atoms with van der Waals surface area (Å²) in [5.74, 6) is 3.98. The van der Waals surface area contributed by atoms with Crippen LogP contribution in [0.2, 0.25) is 0 Å². The van der Waals surface area contributed by atoms with Crippen molar-refractivity contribution >= 4 is 29.2 Å². The van der Waals surface area contributed by atoms with Crippen LogP contribution in [0, 0.1) is 0 Å². The molecule has 0 amide bonds. The monoisotopic (exact) mass is 411 g/mol. The van der Waals surface area contributed by atoms with Gasteiger partial charge in [-0.25, -0.2) is 9.97 Å². The topological polar surface area (TPSA) is 88.5 Å². The Labute approximate surface area is 172 Å². The van der Waals surface area contributed by atoms with Crippen molar-refractivity contribution in [3.05, 3.63) is 42.9 Å². The van der Waals surface area contributed by atoms with Crippen molar-refractivity contribution in [2.45, 2.75) is 6.10 Å². The quantitative estimate of drug-likeness (QED) is 0.677. The number of nitrogens with one attached hydrogen (secondary N) is 1. The van der Waals surface area contributed by atoms with Gasteiger partial charge in [-0.15, -0.1) is 0 Å². The Morgan fingerprint density at radius 2 is 1.93 bits per heavy atom. The molecule has 10 heteroatoms. The van der Waals surface area contributed by atoms with Gasteiger partial charge < -0.3 is 19.7 Å². The average molecular weight is 411 g/mol. The van der Waals surface area contributed by atoms with E-state index in [2.05, 4.69) is 33.8 Å². The first-order valence-electron chi connectivity index (χ1n) is 9.56. The van der Waals surface area contributed by atoms with Crippen LogP contribution in [0.25, 0.3) is 0 Å². The van der Waals surface area contributed by atoms with Crippen molar-refractivity contribution < 1.29 is 9.47 Å². The number of nitrogens with zero attached hydrogens (tertiary/aromatic N) is 6. The Bertz CT molecular complexity index is 946. The third-order valence-corrected chi connectivity index (χ3v) is 5.52. The van der Waals surface area contributed by atoms with E-state index >= 15 is 0 Å². The van der Waals surface area contributed by atoms with Gasteiger partial charge in [-0.05, 0) is 18.2 Å². The van der Waals surface area contributed by atoms with Gasteiger partial charge in [0.2, 0.25) is 0 Å². The molecule has 0 spiro atoms. The summed E-state index contributed by atoms with van der Waals surface area (Å²) in [6, 6.07) is 9.65. The standard InChI is InChI=1S/C19H21N7O2S/c1-2-4-16-15(3-1)27-12-14(28-16)11-25-7-9-26(10-8-25)19-18(23-29-24-19)22-17-5-6-20-13-21-17/h1-6,13-14H,7-12H2,(H,20,21,22,23)/t14-/m0/s1. The fourth-order valence-corrected chi connectivity index (χ4v) is 4.07. The maximum absolute atomic E-state index is 6.10. The van der Waals surface area contributed by atoms with Crippen LogP contribution in [0.1, 0.15) is 0 Å². The molecule has 2 aliphatic rings. The summed E-state index contributed by atoms with van der Waals surface area (Å²) >= 11 is 1.20. The summed E-state index contributed by atoms with van der Waals surface area (Å²) in [5, 5.41) is 3.23. The van der Waals surface area contributed by atoms with Crippen molar-refractivity contribution in [2.75, 3.05) is 49.5 Å². The van der Waals surface area contributed by atoms with Crippen molar-refractivity contribution in [2.24, 2.45) is 0 Å². The van der Waals surface area contributed by atoms with Crippen LogP contribution in [0.5, 0.6) is 11.5 Å². The molecule has 1 atom stereocenters. The highest BCUT2D eigenvalue weighted by Crippen LogP contribution is 2.31. The average Bonchev–Trinajstić information content (AvgIpc) is 3.23. The van der Waals surface area contributed by atoms with Gasteiger partial charge in [0.25, 0.3) is 0 Å². The van der Waals surface area contributed by atoms with Crippen LogP contribution >= 0.6 is 11.7 Å². The van der Waals surface area contributed by atoms with Crippen molar-refractivity contribution in [3.8, 4) is 11.5 Å². The van der Waals surface area contributed by atoms with E-state index in [4.69, 9.17) is 9.47 Å². The molecule has 1 aromatic carbocycles. The fourth-order valence-electron chi connectivity index (χ4n) is 3.54. The van der Waals surface area contributed by atoms with Crippen molar-refractivity contribution in [1.29, 1.82) is 0 Å². The number of hydrogen-bond donors (Lipinski definition) is 1. The van der Waals surface area contributed by atoms with E-state index < -0.39 is 0 Å². The molecule has 1 N–H and O–H groups in total. The number of anilines is 3. The minimum atomic E-state index is 0.0485. The number of piperazine rings is 1. The second kappa shape index (κ2) is 8.18. The Hall–Kier alpha value is -2.98. The molecule has 3 aromatic rings. The Balaban J connectivity index is 1.16. The molecular weight excluding hydrogens is 390 g/mol. The summed E-state index contributed by atoms with van der Waals surface area (Å²) in [6.07, 6.45) is 3.26. The Morgan fingerprint density at radius 1 is 1.07 bits per heavy atom. The van der Waals surface area contributed by atoms with Gasteiger partial charge in [0.15, 0.2) is 23.1 Å². The summed E-state index contributed by atoms with van der Waals surface area (Å²) in [7, 11) is 0. The van der Waals surface area contributed by atoms with E-state index in [1.54, 1.807) is 6.20 Å². The molecule has 2 aromatic heterocycles. The van der Waals surface area contributed by atoms with Gasteiger partial charge in [0.05, 0.1) is 11.7 Å². The minimum absolute atomic E-state index is 0.0485. The van der Waals surface area contributed by atoms with Gasteiger partial charge in [-0.2, -0.15) is 8.75 Å². The van der Waals surface area contributed by atoms with E-state index in [1.165, 1.54) is 18.1 Å². The van der Waals surface area contributed by atoms with E-state index in [-0.39, 0.29) is 6.10 Å². The molecular formula is C19H21N7O2S. The lowest BCUT2D eigenvalue weighted by Gasteiger charge is -2.37. The first kappa shape index (κ1) is 18.1. The maximum Gasteiger partial charge on any atom is 0.190 e. The number of rotatable bonds is 5. The third kappa shape index (κ3) is 4.08. The van der Waals surface area contributed by atoms with Gasteiger partial charge >= 0.3 is 0 Å². The molecule has 5 rings (SSSR count). The molecule has 29 heavy (non-hydrogen) atoms. The zero-order chi connectivity index (χ0) is 19.5. The molecule has 150 valence electrons. The summed E-state index contributed by atoms with van der Waals surface area (Å²) in [5.41, 5.74) is 0. The number of benzene rings is 1. The lowest BCUT2D eigenvalue weighted by atomic mass is 10.2. The van der Waals surface area contributed by atoms with Crippen LogP contribution in [0.4, 0.5) is 17.5 Å². The fraction of sp³-hybridized carbons (Fsp3) is 0.368. The normalized spacial score (nSPS) is 19.2. The molecule has 0 saturated carbocycles. The highest BCUT2D eigenvalue weighted by Gasteiger charge is 2.27. The first-order valence-corrected chi connectivity index (χ1v) is 10.3. The van der Waals surface area contributed by atoms with Gasteiger partial charge in [-0.1, -0.05) is 12.1 Å². The van der Waals surface area contributed by atoms with E-state index in [9.17, 15) is 0 Å². The van der Waals surface area contributed by atoms with E-state index in [0.29, 0.717) is 12.4 Å². The van der Waals surface area contributed by atoms with Crippen LogP contribution in [-0.2, 0) is 0 Å². The van der Waals surface area contributed by atoms with Crippen LogP contribution in [0.15, 0.2) is 42.9 Å². The number of para-hydroxylation sites is 2. The van der Waals surface area contributed by atoms with Crippen LogP contribution < -0.4 is 19.7 Å². The number of hydrogen-bond acceptors (Lipinski definition) is 10. The molecule has 0 aliphatic carbocycles. The summed E-state index contributed by atoms with van der Waals surface area (Å²) in [6.45, 7) is 5.07. The maximum atomic E-state index is 6.10. The first-order chi connectivity index (χ1) is 14.3. The third-order valence-electron chi connectivity index (χ3n) is 5.00. The zero-order valence-electron chi connectivity index (χ0n) is 15.8. The highest BCUT2D eigenvalue weighted by molar-refractivity contribution is 6.99. The van der Waals surface area contributed by atoms with Crippen molar-refractivity contribution in [3.63, 3.8) is 0 Å². The van der Waals surface area contributed by atoms with Crippen LogP contribution in [0.3, 0.4) is 0 Å². The van der Waals surface area contributed by atoms with Gasteiger partial charge in [0, 0.05) is 38.9 Å². The molecule has 4 heterocycles. The predicted molar refractivity (Wildman–Crippen MR) is 110 cm³/mol. The lowest BCUT2D eigenvalue weighted by Crippen LogP contribution is -2.50. The van der Waals surface area contributed by atoms with Crippen LogP contribution in [-0.4, -0.2) is 69.0 Å². The predicted octanol–water partition coefficient (Wildman–Crippen LogP) is 2.03. The summed E-state index contributed by atoms with van der Waals surface area (Å²) < 4.78 is 20.8. The molecule has 9 nitrogen and oxygen atoms in total. The SMILES string of the molecule is c1ccc2c(c1)OC[C@H](CN1CCN(c3nsnc3Nc3ccncn3)CC1)O2. The summed E-state index contributed by atoms with van der Waals surface area (Å²) in [4.78, 5) is 12.8. The molecule has 2 aliphatic heterocycles. The van der Waals surface area contributed by atoms with Crippen molar-refractivity contribution in [1.82, 2.24) is 23.6 Å². The minimum Gasteiger partial charge on any atom is -0.486 e. The zero-order valence-corrected chi connectivity index (χ0v) is 16.6. The number of ether oxygens (including phenoxy) is 2. The van der Waals surface area contributed by atoms with E-state index in [1.807, 2.05) is 30.3 Å². The smallest absolute Gasteiger partial charge is 0.190 e. The molecule has 0 unspecified atom stereocenters. The van der Waals surface area contributed by atoms with Gasteiger partial charge in [0.1, 0.15) is 24.9 Å². The number of aromatic nitrogens is 4. The van der Waals surface area contributed by atoms with E-state index in [0.717, 1.165) is 55.9 Å². The molecule has 1 fully saturated rings. The van der Waals surface area contributed by atoms with Gasteiger partial charge in [-0.3, -0.25) is 4.90 Å². The lowest BCUT2D eigenvalue weighted by molar-refractivity contribution is 0.0571. The molecule has 1 saturated heterocycles.